The van der Waals surface area contributed by atoms with Crippen LogP contribution in [0.5, 0.6) is 0 Å². The molecule has 2 aromatic heterocycles. The molecule has 0 aliphatic carbocycles. The van der Waals surface area contributed by atoms with E-state index in [9.17, 15) is 0 Å². The molecule has 0 aliphatic heterocycles. The number of hydrogen-bond donors (Lipinski definition) is 0. The van der Waals surface area contributed by atoms with Crippen LogP contribution in [0.15, 0.2) is 59.2 Å². The fraction of sp³-hybridized carbons (Fsp3) is 0.222. The van der Waals surface area contributed by atoms with Gasteiger partial charge in [-0.3, -0.25) is 4.98 Å². The topological polar surface area (TPSA) is 30.2 Å². The van der Waals surface area contributed by atoms with Crippen LogP contribution in [0.3, 0.4) is 0 Å². The van der Waals surface area contributed by atoms with Crippen LogP contribution in [0, 0.1) is 0 Å². The van der Waals surface area contributed by atoms with Gasteiger partial charge in [0.1, 0.15) is 0 Å². The van der Waals surface area contributed by atoms with Gasteiger partial charge in [-0.25, -0.2) is 4.99 Å². The first-order valence-corrected chi connectivity index (χ1v) is 8.85. The molecule has 1 atom stereocenters. The van der Waals surface area contributed by atoms with Crippen molar-refractivity contribution in [2.45, 2.75) is 26.3 Å². The Morgan fingerprint density at radius 1 is 1.26 bits per heavy atom. The van der Waals surface area contributed by atoms with E-state index in [0.717, 1.165) is 27.5 Å². The van der Waals surface area contributed by atoms with E-state index in [1.54, 1.807) is 23.7 Å². The molecule has 1 aromatic carbocycles. The average molecular weight is 344 g/mol. The summed E-state index contributed by atoms with van der Waals surface area (Å²) in [6, 6.07) is 12.2. The van der Waals surface area contributed by atoms with Gasteiger partial charge in [-0.15, -0.1) is 11.3 Å². The zero-order valence-electron chi connectivity index (χ0n) is 13.1. The van der Waals surface area contributed by atoms with Gasteiger partial charge in [-0.1, -0.05) is 30.7 Å². The predicted molar refractivity (Wildman–Crippen MR) is 97.2 cm³/mol. The van der Waals surface area contributed by atoms with Gasteiger partial charge >= 0.3 is 0 Å². The van der Waals surface area contributed by atoms with Crippen LogP contribution in [0.25, 0.3) is 11.3 Å². The van der Waals surface area contributed by atoms with Gasteiger partial charge in [-0.2, -0.15) is 0 Å². The largest absolute Gasteiger partial charge is 0.314 e. The molecular weight excluding hydrogens is 326 g/mol. The maximum Gasteiger partial charge on any atom is 0.190 e. The maximum absolute atomic E-state index is 6.01. The Bertz CT molecular complexity index is 835. The third kappa shape index (κ3) is 3.54. The first-order valence-electron chi connectivity index (χ1n) is 7.59. The monoisotopic (exact) mass is 343 g/mol. The summed E-state index contributed by atoms with van der Waals surface area (Å²) in [5, 5.41) is 2.91. The molecule has 0 radical (unpaired) electrons. The first kappa shape index (κ1) is 16.0. The number of rotatable bonds is 4. The van der Waals surface area contributed by atoms with Crippen LogP contribution in [-0.2, 0) is 0 Å². The normalized spacial score (nSPS) is 13.3. The summed E-state index contributed by atoms with van der Waals surface area (Å²) in [6.07, 6.45) is 4.58. The molecule has 3 nitrogen and oxygen atoms in total. The minimum atomic E-state index is 0.363. The second kappa shape index (κ2) is 7.11. The Hall–Kier alpha value is -1.91. The Morgan fingerprint density at radius 3 is 2.70 bits per heavy atom. The molecule has 2 heterocycles. The lowest BCUT2D eigenvalue weighted by Crippen LogP contribution is -2.19. The summed E-state index contributed by atoms with van der Waals surface area (Å²) in [6.45, 7) is 4.41. The minimum absolute atomic E-state index is 0.363. The van der Waals surface area contributed by atoms with E-state index in [-0.39, 0.29) is 0 Å². The zero-order valence-corrected chi connectivity index (χ0v) is 14.7. The van der Waals surface area contributed by atoms with Crippen molar-refractivity contribution in [3.63, 3.8) is 0 Å². The first-order chi connectivity index (χ1) is 11.2. The summed E-state index contributed by atoms with van der Waals surface area (Å²) < 4.78 is 2.29. The second-order valence-electron chi connectivity index (χ2n) is 5.36. The molecular formula is C18H18ClN3S. The molecule has 0 saturated heterocycles. The SMILES string of the molecule is CCC(C)n1c(-c2ccc(Cl)cc2)csc1=Nc1cccnc1. The van der Waals surface area contributed by atoms with E-state index in [4.69, 9.17) is 16.6 Å². The van der Waals surface area contributed by atoms with Crippen LogP contribution in [-0.4, -0.2) is 9.55 Å². The number of halogens is 1. The van der Waals surface area contributed by atoms with Gasteiger partial charge in [-0.05, 0) is 43.2 Å². The maximum atomic E-state index is 6.01. The Morgan fingerprint density at radius 2 is 2.04 bits per heavy atom. The number of thiazole rings is 1. The van der Waals surface area contributed by atoms with E-state index in [1.165, 1.54) is 5.69 Å². The minimum Gasteiger partial charge on any atom is -0.314 e. The lowest BCUT2D eigenvalue weighted by Gasteiger charge is -2.15. The molecule has 0 N–H and O–H groups in total. The summed E-state index contributed by atoms with van der Waals surface area (Å²) in [5.74, 6) is 0. The molecule has 3 rings (SSSR count). The quantitative estimate of drug-likeness (QED) is 0.618. The highest BCUT2D eigenvalue weighted by molar-refractivity contribution is 7.07. The highest BCUT2D eigenvalue weighted by Gasteiger charge is 2.12. The zero-order chi connectivity index (χ0) is 16.2. The van der Waals surface area contributed by atoms with Crippen LogP contribution in [0.4, 0.5) is 5.69 Å². The summed E-state index contributed by atoms with van der Waals surface area (Å²) in [7, 11) is 0. The van der Waals surface area contributed by atoms with E-state index in [0.29, 0.717) is 6.04 Å². The van der Waals surface area contributed by atoms with Crippen LogP contribution >= 0.6 is 22.9 Å². The van der Waals surface area contributed by atoms with E-state index >= 15 is 0 Å². The molecule has 0 saturated carbocycles. The number of hydrogen-bond acceptors (Lipinski definition) is 3. The van der Waals surface area contributed by atoms with Crippen LogP contribution in [0.1, 0.15) is 26.3 Å². The van der Waals surface area contributed by atoms with Gasteiger partial charge < -0.3 is 4.57 Å². The summed E-state index contributed by atoms with van der Waals surface area (Å²) in [4.78, 5) is 9.89. The van der Waals surface area contributed by atoms with Crippen molar-refractivity contribution in [3.05, 3.63) is 64.0 Å². The number of aromatic nitrogens is 2. The molecule has 0 amide bonds. The Labute approximate surface area is 144 Å². The lowest BCUT2D eigenvalue weighted by molar-refractivity contribution is 0.524. The Balaban J connectivity index is 2.15. The molecule has 0 spiro atoms. The second-order valence-corrected chi connectivity index (χ2v) is 6.63. The molecule has 1 unspecified atom stereocenters. The fourth-order valence-electron chi connectivity index (χ4n) is 2.37. The number of pyridine rings is 1. The van der Waals surface area contributed by atoms with Crippen molar-refractivity contribution < 1.29 is 0 Å². The van der Waals surface area contributed by atoms with Crippen molar-refractivity contribution in [2.75, 3.05) is 0 Å². The van der Waals surface area contributed by atoms with E-state index in [2.05, 4.69) is 40.9 Å². The number of benzene rings is 1. The molecule has 23 heavy (non-hydrogen) atoms. The van der Waals surface area contributed by atoms with Gasteiger partial charge in [0, 0.05) is 22.6 Å². The molecule has 5 heteroatoms. The molecule has 118 valence electrons. The molecule has 0 aliphatic rings. The highest BCUT2D eigenvalue weighted by Crippen LogP contribution is 2.26. The smallest absolute Gasteiger partial charge is 0.190 e. The van der Waals surface area contributed by atoms with Gasteiger partial charge in [0.2, 0.25) is 0 Å². The third-order valence-electron chi connectivity index (χ3n) is 3.78. The van der Waals surface area contributed by atoms with Gasteiger partial charge in [0.15, 0.2) is 4.80 Å². The third-order valence-corrected chi connectivity index (χ3v) is 4.88. The van der Waals surface area contributed by atoms with Crippen molar-refractivity contribution in [1.82, 2.24) is 9.55 Å². The van der Waals surface area contributed by atoms with Crippen molar-refractivity contribution in [2.24, 2.45) is 4.99 Å². The Kier molecular flexibility index (Phi) is 4.94. The summed E-state index contributed by atoms with van der Waals surface area (Å²) in [5.41, 5.74) is 3.19. The van der Waals surface area contributed by atoms with E-state index in [1.807, 2.05) is 24.3 Å². The average Bonchev–Trinajstić information content (AvgIpc) is 2.99. The predicted octanol–water partition coefficient (Wildman–Crippen LogP) is 5.47. The standard InChI is InChI=1S/C18H18ClN3S/c1-3-13(2)22-17(14-6-8-15(19)9-7-14)12-23-18(22)21-16-5-4-10-20-11-16/h4-13H,3H2,1-2H3. The molecule has 0 fully saturated rings. The number of nitrogens with zero attached hydrogens (tertiary/aromatic N) is 3. The molecule has 0 bridgehead atoms. The molecule has 3 aromatic rings. The van der Waals surface area contributed by atoms with E-state index < -0.39 is 0 Å². The summed E-state index contributed by atoms with van der Waals surface area (Å²) >= 11 is 7.66. The van der Waals surface area contributed by atoms with Crippen molar-refractivity contribution >= 4 is 28.6 Å². The lowest BCUT2D eigenvalue weighted by atomic mass is 10.1. The fourth-order valence-corrected chi connectivity index (χ4v) is 3.51. The van der Waals surface area contributed by atoms with Crippen molar-refractivity contribution in [1.29, 1.82) is 0 Å². The van der Waals surface area contributed by atoms with Crippen molar-refractivity contribution in [3.8, 4) is 11.3 Å². The highest BCUT2D eigenvalue weighted by atomic mass is 35.5. The van der Waals surface area contributed by atoms with Gasteiger partial charge in [0.25, 0.3) is 0 Å². The van der Waals surface area contributed by atoms with Crippen LogP contribution < -0.4 is 4.80 Å². The van der Waals surface area contributed by atoms with Crippen LogP contribution in [0.2, 0.25) is 5.02 Å². The van der Waals surface area contributed by atoms with Gasteiger partial charge in [0.05, 0.1) is 17.6 Å².